The Morgan fingerprint density at radius 1 is 1.50 bits per heavy atom. The molecule has 98 valence electrons. The van der Waals surface area contributed by atoms with Crippen molar-refractivity contribution in [2.45, 2.75) is 32.2 Å². The van der Waals surface area contributed by atoms with Crippen LogP contribution in [0.5, 0.6) is 5.75 Å². The number of hydrogen-bond donors (Lipinski definition) is 1. The average molecular weight is 250 g/mol. The van der Waals surface area contributed by atoms with E-state index >= 15 is 0 Å². The van der Waals surface area contributed by atoms with Crippen molar-refractivity contribution in [3.05, 3.63) is 33.9 Å². The maximum atomic E-state index is 10.7. The smallest absolute Gasteiger partial charge is 0.273 e. The lowest BCUT2D eigenvalue weighted by Crippen LogP contribution is -2.19. The fourth-order valence-corrected chi connectivity index (χ4v) is 1.71. The third-order valence-electron chi connectivity index (χ3n) is 2.97. The second-order valence-electron chi connectivity index (χ2n) is 4.64. The van der Waals surface area contributed by atoms with Gasteiger partial charge in [0.25, 0.3) is 5.69 Å². The zero-order chi connectivity index (χ0) is 13.0. The SMILES string of the molecule is Cc1ccc([N+](=O)[O-])cc1OCCCNC1CC1. The lowest BCUT2D eigenvalue weighted by Gasteiger charge is -2.09. The minimum absolute atomic E-state index is 0.0757. The Balaban J connectivity index is 1.79. The van der Waals surface area contributed by atoms with Crippen LogP contribution < -0.4 is 10.1 Å². The molecule has 5 nitrogen and oxygen atoms in total. The zero-order valence-corrected chi connectivity index (χ0v) is 10.5. The van der Waals surface area contributed by atoms with E-state index in [4.69, 9.17) is 4.74 Å². The summed E-state index contributed by atoms with van der Waals surface area (Å²) in [5, 5.41) is 14.1. The molecule has 0 radical (unpaired) electrons. The minimum Gasteiger partial charge on any atom is -0.493 e. The molecule has 1 aromatic rings. The van der Waals surface area contributed by atoms with Crippen molar-refractivity contribution in [3.8, 4) is 5.75 Å². The molecule has 1 fully saturated rings. The van der Waals surface area contributed by atoms with Crippen molar-refractivity contribution in [3.63, 3.8) is 0 Å². The third kappa shape index (κ3) is 3.70. The first-order valence-electron chi connectivity index (χ1n) is 6.28. The first-order valence-corrected chi connectivity index (χ1v) is 6.28. The standard InChI is InChI=1S/C13H18N2O3/c1-10-3-6-12(15(16)17)9-13(10)18-8-2-7-14-11-4-5-11/h3,6,9,11,14H,2,4-5,7-8H2,1H3. The lowest BCUT2D eigenvalue weighted by molar-refractivity contribution is -0.384. The zero-order valence-electron chi connectivity index (χ0n) is 10.5. The summed E-state index contributed by atoms with van der Waals surface area (Å²) in [6, 6.07) is 5.42. The van der Waals surface area contributed by atoms with E-state index in [1.54, 1.807) is 6.07 Å². The van der Waals surface area contributed by atoms with Gasteiger partial charge >= 0.3 is 0 Å². The van der Waals surface area contributed by atoms with E-state index in [1.807, 2.05) is 6.92 Å². The van der Waals surface area contributed by atoms with Gasteiger partial charge in [0, 0.05) is 12.1 Å². The Kier molecular flexibility index (Phi) is 4.15. The van der Waals surface area contributed by atoms with Crippen LogP contribution in [0.4, 0.5) is 5.69 Å². The molecule has 0 saturated heterocycles. The number of rotatable bonds is 7. The van der Waals surface area contributed by atoms with Crippen LogP contribution in [0.15, 0.2) is 18.2 Å². The topological polar surface area (TPSA) is 64.4 Å². The first-order chi connectivity index (χ1) is 8.66. The molecule has 1 N–H and O–H groups in total. The monoisotopic (exact) mass is 250 g/mol. The van der Waals surface area contributed by atoms with Gasteiger partial charge in [-0.3, -0.25) is 10.1 Å². The summed E-state index contributed by atoms with van der Waals surface area (Å²) in [4.78, 5) is 10.3. The number of hydrogen-bond acceptors (Lipinski definition) is 4. The van der Waals surface area contributed by atoms with E-state index in [0.717, 1.165) is 18.5 Å². The molecule has 0 amide bonds. The van der Waals surface area contributed by atoms with Gasteiger partial charge in [0.05, 0.1) is 17.6 Å². The Morgan fingerprint density at radius 2 is 2.28 bits per heavy atom. The number of non-ortho nitro benzene ring substituents is 1. The molecular weight excluding hydrogens is 232 g/mol. The van der Waals surface area contributed by atoms with Gasteiger partial charge in [-0.05, 0) is 44.4 Å². The molecule has 0 aromatic heterocycles. The number of nitro groups is 1. The van der Waals surface area contributed by atoms with Crippen LogP contribution in [0, 0.1) is 17.0 Å². The lowest BCUT2D eigenvalue weighted by atomic mass is 10.2. The highest BCUT2D eigenvalue weighted by molar-refractivity contribution is 5.43. The predicted molar refractivity (Wildman–Crippen MR) is 69.0 cm³/mol. The Bertz CT molecular complexity index is 430. The molecular formula is C13H18N2O3. The van der Waals surface area contributed by atoms with Gasteiger partial charge in [-0.25, -0.2) is 0 Å². The predicted octanol–water partition coefficient (Wildman–Crippen LogP) is 2.42. The quantitative estimate of drug-likeness (QED) is 0.458. The molecule has 2 rings (SSSR count). The summed E-state index contributed by atoms with van der Waals surface area (Å²) in [6.45, 7) is 3.42. The van der Waals surface area contributed by atoms with E-state index in [0.29, 0.717) is 18.4 Å². The summed E-state index contributed by atoms with van der Waals surface area (Å²) in [7, 11) is 0. The summed E-state index contributed by atoms with van der Waals surface area (Å²) in [5.41, 5.74) is 1.00. The Hall–Kier alpha value is -1.62. The molecule has 0 unspecified atom stereocenters. The number of nitrogens with one attached hydrogen (secondary N) is 1. The molecule has 0 heterocycles. The molecule has 1 aromatic carbocycles. The van der Waals surface area contributed by atoms with Gasteiger partial charge in [0.2, 0.25) is 0 Å². The fourth-order valence-electron chi connectivity index (χ4n) is 1.71. The van der Waals surface area contributed by atoms with Crippen LogP contribution in [0.3, 0.4) is 0 Å². The Labute approximate surface area is 106 Å². The number of ether oxygens (including phenoxy) is 1. The summed E-state index contributed by atoms with van der Waals surface area (Å²) in [5.74, 6) is 0.607. The number of nitro benzene ring substituents is 1. The number of nitrogens with zero attached hydrogens (tertiary/aromatic N) is 1. The highest BCUT2D eigenvalue weighted by Gasteiger charge is 2.19. The van der Waals surface area contributed by atoms with E-state index < -0.39 is 4.92 Å². The van der Waals surface area contributed by atoms with Crippen LogP contribution in [-0.4, -0.2) is 24.1 Å². The fraction of sp³-hybridized carbons (Fsp3) is 0.538. The van der Waals surface area contributed by atoms with Crippen molar-refractivity contribution in [2.75, 3.05) is 13.2 Å². The van der Waals surface area contributed by atoms with E-state index in [1.165, 1.54) is 25.0 Å². The van der Waals surface area contributed by atoms with Gasteiger partial charge in [-0.15, -0.1) is 0 Å². The second-order valence-corrected chi connectivity index (χ2v) is 4.64. The minimum atomic E-state index is -0.402. The number of aryl methyl sites for hydroxylation is 1. The first kappa shape index (κ1) is 12.8. The summed E-state index contributed by atoms with van der Waals surface area (Å²) < 4.78 is 5.59. The van der Waals surface area contributed by atoms with Crippen LogP contribution in [-0.2, 0) is 0 Å². The normalized spacial score (nSPS) is 14.5. The molecule has 1 aliphatic rings. The molecule has 18 heavy (non-hydrogen) atoms. The van der Waals surface area contributed by atoms with Crippen molar-refractivity contribution in [1.29, 1.82) is 0 Å². The summed E-state index contributed by atoms with van der Waals surface area (Å²) in [6.07, 6.45) is 3.48. The van der Waals surface area contributed by atoms with Gasteiger partial charge < -0.3 is 10.1 Å². The molecule has 0 atom stereocenters. The highest BCUT2D eigenvalue weighted by atomic mass is 16.6. The van der Waals surface area contributed by atoms with Crippen molar-refractivity contribution in [2.24, 2.45) is 0 Å². The van der Waals surface area contributed by atoms with Gasteiger partial charge in [-0.1, -0.05) is 0 Å². The molecule has 5 heteroatoms. The maximum Gasteiger partial charge on any atom is 0.273 e. The average Bonchev–Trinajstić information content (AvgIpc) is 3.14. The van der Waals surface area contributed by atoms with E-state index in [2.05, 4.69) is 5.32 Å². The third-order valence-corrected chi connectivity index (χ3v) is 2.97. The van der Waals surface area contributed by atoms with E-state index in [9.17, 15) is 10.1 Å². The van der Waals surface area contributed by atoms with Gasteiger partial charge in [-0.2, -0.15) is 0 Å². The number of benzene rings is 1. The van der Waals surface area contributed by atoms with Gasteiger partial charge in [0.15, 0.2) is 0 Å². The van der Waals surface area contributed by atoms with Gasteiger partial charge in [0.1, 0.15) is 5.75 Å². The van der Waals surface area contributed by atoms with Crippen LogP contribution in [0.25, 0.3) is 0 Å². The Morgan fingerprint density at radius 3 is 2.94 bits per heavy atom. The molecule has 1 aliphatic carbocycles. The molecule has 0 bridgehead atoms. The van der Waals surface area contributed by atoms with Crippen molar-refractivity contribution >= 4 is 5.69 Å². The van der Waals surface area contributed by atoms with Crippen LogP contribution >= 0.6 is 0 Å². The summed E-state index contributed by atoms with van der Waals surface area (Å²) >= 11 is 0. The molecule has 0 spiro atoms. The second kappa shape index (κ2) is 5.82. The van der Waals surface area contributed by atoms with E-state index in [-0.39, 0.29) is 5.69 Å². The van der Waals surface area contributed by atoms with Crippen molar-refractivity contribution in [1.82, 2.24) is 5.32 Å². The molecule has 0 aliphatic heterocycles. The molecule has 1 saturated carbocycles. The van der Waals surface area contributed by atoms with Crippen molar-refractivity contribution < 1.29 is 9.66 Å². The highest BCUT2D eigenvalue weighted by Crippen LogP contribution is 2.24. The van der Waals surface area contributed by atoms with Crippen LogP contribution in [0.2, 0.25) is 0 Å². The maximum absolute atomic E-state index is 10.7. The van der Waals surface area contributed by atoms with Crippen LogP contribution in [0.1, 0.15) is 24.8 Å². The largest absolute Gasteiger partial charge is 0.493 e.